The van der Waals surface area contributed by atoms with Crippen molar-refractivity contribution < 1.29 is 9.53 Å². The van der Waals surface area contributed by atoms with Gasteiger partial charge in [-0.2, -0.15) is 0 Å². The molecule has 2 aromatic heterocycles. The average molecular weight is 426 g/mol. The highest BCUT2D eigenvalue weighted by molar-refractivity contribution is 5.67. The number of carbonyl (C=O) groups excluding carboxylic acids is 1. The van der Waals surface area contributed by atoms with Gasteiger partial charge < -0.3 is 9.30 Å². The Hall–Kier alpha value is -3.73. The maximum Gasteiger partial charge on any atom is 0.303 e. The van der Waals surface area contributed by atoms with E-state index in [4.69, 9.17) is 9.72 Å². The van der Waals surface area contributed by atoms with Crippen LogP contribution in [0.2, 0.25) is 0 Å². The first-order valence-electron chi connectivity index (χ1n) is 10.7. The second kappa shape index (κ2) is 9.18. The Kier molecular flexibility index (Phi) is 6.17. The van der Waals surface area contributed by atoms with E-state index >= 15 is 0 Å². The molecule has 0 bridgehead atoms. The molecule has 1 unspecified atom stereocenters. The second-order valence-corrected chi connectivity index (χ2v) is 8.23. The van der Waals surface area contributed by atoms with Crippen molar-refractivity contribution in [3.05, 3.63) is 107 Å². The molecule has 0 aliphatic heterocycles. The highest BCUT2D eigenvalue weighted by Crippen LogP contribution is 2.28. The third kappa shape index (κ3) is 4.78. The van der Waals surface area contributed by atoms with Crippen LogP contribution in [0.5, 0.6) is 0 Å². The second-order valence-electron chi connectivity index (χ2n) is 8.23. The largest absolute Gasteiger partial charge is 0.451 e. The maximum atomic E-state index is 11.9. The smallest absolute Gasteiger partial charge is 0.303 e. The van der Waals surface area contributed by atoms with Crippen molar-refractivity contribution in [2.75, 3.05) is 0 Å². The molecule has 0 aliphatic carbocycles. The van der Waals surface area contributed by atoms with Crippen molar-refractivity contribution in [2.24, 2.45) is 0 Å². The summed E-state index contributed by atoms with van der Waals surface area (Å²) in [4.78, 5) is 20.9. The lowest BCUT2D eigenvalue weighted by Crippen LogP contribution is -2.15. The van der Waals surface area contributed by atoms with Crippen LogP contribution in [0.3, 0.4) is 0 Å². The van der Waals surface area contributed by atoms with Gasteiger partial charge in [0.05, 0.1) is 30.5 Å². The van der Waals surface area contributed by atoms with E-state index in [1.54, 1.807) is 12.5 Å². The first-order valence-corrected chi connectivity index (χ1v) is 10.7. The van der Waals surface area contributed by atoms with Gasteiger partial charge in [-0.15, -0.1) is 0 Å². The van der Waals surface area contributed by atoms with Gasteiger partial charge in [-0.1, -0.05) is 59.7 Å². The summed E-state index contributed by atoms with van der Waals surface area (Å²) in [7, 11) is 0. The molecule has 0 saturated heterocycles. The Labute approximate surface area is 188 Å². The van der Waals surface area contributed by atoms with E-state index in [1.165, 1.54) is 12.5 Å². The zero-order valence-corrected chi connectivity index (χ0v) is 18.9. The predicted molar refractivity (Wildman–Crippen MR) is 125 cm³/mol. The Morgan fingerprint density at radius 2 is 1.75 bits per heavy atom. The lowest BCUT2D eigenvalue weighted by Gasteiger charge is -2.20. The third-order valence-corrected chi connectivity index (χ3v) is 5.42. The number of benzene rings is 2. The highest BCUT2D eigenvalue weighted by atomic mass is 16.5. The van der Waals surface area contributed by atoms with Gasteiger partial charge in [0.25, 0.3) is 0 Å². The number of aryl methyl sites for hydroxylation is 3. The minimum absolute atomic E-state index is 0.329. The zero-order valence-electron chi connectivity index (χ0n) is 18.9. The van der Waals surface area contributed by atoms with Crippen LogP contribution >= 0.6 is 0 Å². The lowest BCUT2D eigenvalue weighted by atomic mass is 10.0. The van der Waals surface area contributed by atoms with Gasteiger partial charge in [0.2, 0.25) is 0 Å². The molecule has 0 N–H and O–H groups in total. The molecule has 2 heterocycles. The predicted octanol–water partition coefficient (Wildman–Crippen LogP) is 5.57. The van der Waals surface area contributed by atoms with Gasteiger partial charge in [0, 0.05) is 18.7 Å². The summed E-state index contributed by atoms with van der Waals surface area (Å²) in [6, 6.07) is 18.5. The highest BCUT2D eigenvalue weighted by Gasteiger charge is 2.22. The standard InChI is InChI=1S/C27H27N3O2/c1-18-7-5-9-23(11-18)26-20(3)13-22(14-29-26)16-30-17-28-15-25(30)27(32-21(4)31)24-10-6-8-19(2)12-24/h5-15,17,27H,16H2,1-4H3. The van der Waals surface area contributed by atoms with E-state index < -0.39 is 6.10 Å². The number of carbonyl (C=O) groups is 1. The number of hydrogen-bond acceptors (Lipinski definition) is 4. The Balaban J connectivity index is 1.64. The van der Waals surface area contributed by atoms with Crippen LogP contribution in [0.1, 0.15) is 46.5 Å². The van der Waals surface area contributed by atoms with Crippen molar-refractivity contribution in [3.63, 3.8) is 0 Å². The average Bonchev–Trinajstić information content (AvgIpc) is 3.19. The first-order chi connectivity index (χ1) is 15.4. The van der Waals surface area contributed by atoms with E-state index in [1.807, 2.05) is 42.0 Å². The molecule has 0 spiro atoms. The summed E-state index contributed by atoms with van der Waals surface area (Å²) in [6.45, 7) is 8.20. The number of esters is 1. The molecule has 162 valence electrons. The zero-order chi connectivity index (χ0) is 22.7. The lowest BCUT2D eigenvalue weighted by molar-refractivity contribution is -0.145. The van der Waals surface area contributed by atoms with E-state index in [2.05, 4.69) is 49.2 Å². The fraction of sp³-hybridized carbons (Fsp3) is 0.222. The molecule has 0 saturated carbocycles. The summed E-state index contributed by atoms with van der Waals surface area (Å²) in [6.07, 6.45) is 4.92. The van der Waals surface area contributed by atoms with Crippen LogP contribution in [-0.2, 0) is 16.1 Å². The number of hydrogen-bond donors (Lipinski definition) is 0. The van der Waals surface area contributed by atoms with Gasteiger partial charge >= 0.3 is 5.97 Å². The summed E-state index contributed by atoms with van der Waals surface area (Å²) in [5.74, 6) is -0.329. The third-order valence-electron chi connectivity index (χ3n) is 5.42. The van der Waals surface area contributed by atoms with Crippen molar-refractivity contribution in [1.29, 1.82) is 0 Å². The number of ether oxygens (including phenoxy) is 1. The van der Waals surface area contributed by atoms with E-state index in [0.717, 1.165) is 39.2 Å². The molecule has 4 aromatic rings. The monoisotopic (exact) mass is 425 g/mol. The van der Waals surface area contributed by atoms with Gasteiger partial charge in [-0.05, 0) is 43.5 Å². The molecular formula is C27H27N3O2. The maximum absolute atomic E-state index is 11.9. The SMILES string of the molecule is CC(=O)OC(c1cccc(C)c1)c1cncn1Cc1cnc(-c2cccc(C)c2)c(C)c1. The van der Waals surface area contributed by atoms with Crippen LogP contribution in [-0.4, -0.2) is 20.5 Å². The van der Waals surface area contributed by atoms with Crippen molar-refractivity contribution in [2.45, 2.75) is 40.3 Å². The Bertz CT molecular complexity index is 1260. The minimum Gasteiger partial charge on any atom is -0.451 e. The van der Waals surface area contributed by atoms with Crippen LogP contribution < -0.4 is 0 Å². The molecular weight excluding hydrogens is 398 g/mol. The van der Waals surface area contributed by atoms with Gasteiger partial charge in [-0.3, -0.25) is 9.78 Å². The number of pyridine rings is 1. The number of imidazole rings is 1. The van der Waals surface area contributed by atoms with Crippen molar-refractivity contribution >= 4 is 5.97 Å². The normalized spacial score (nSPS) is 11.9. The van der Waals surface area contributed by atoms with Gasteiger partial charge in [0.15, 0.2) is 6.10 Å². The molecule has 1 atom stereocenters. The summed E-state index contributed by atoms with van der Waals surface area (Å²) < 4.78 is 7.72. The van der Waals surface area contributed by atoms with Gasteiger partial charge in [-0.25, -0.2) is 4.98 Å². The molecule has 0 amide bonds. The molecule has 0 aliphatic rings. The molecule has 2 aromatic carbocycles. The molecule has 4 rings (SSSR count). The summed E-state index contributed by atoms with van der Waals surface area (Å²) >= 11 is 0. The Morgan fingerprint density at radius 1 is 1.00 bits per heavy atom. The number of aromatic nitrogens is 3. The van der Waals surface area contributed by atoms with Crippen molar-refractivity contribution in [3.8, 4) is 11.3 Å². The van der Waals surface area contributed by atoms with E-state index in [9.17, 15) is 4.79 Å². The molecule has 32 heavy (non-hydrogen) atoms. The van der Waals surface area contributed by atoms with Crippen LogP contribution in [0, 0.1) is 20.8 Å². The fourth-order valence-electron chi connectivity index (χ4n) is 3.99. The van der Waals surface area contributed by atoms with Crippen LogP contribution in [0.4, 0.5) is 0 Å². The minimum atomic E-state index is -0.518. The topological polar surface area (TPSA) is 57.0 Å². The fourth-order valence-corrected chi connectivity index (χ4v) is 3.99. The van der Waals surface area contributed by atoms with E-state index in [-0.39, 0.29) is 5.97 Å². The Morgan fingerprint density at radius 3 is 2.44 bits per heavy atom. The first kappa shape index (κ1) is 21.5. The molecule has 5 heteroatoms. The van der Waals surface area contributed by atoms with Crippen LogP contribution in [0.25, 0.3) is 11.3 Å². The molecule has 5 nitrogen and oxygen atoms in total. The van der Waals surface area contributed by atoms with Crippen LogP contribution in [0.15, 0.2) is 73.3 Å². The van der Waals surface area contributed by atoms with E-state index in [0.29, 0.717) is 6.54 Å². The quantitative estimate of drug-likeness (QED) is 0.379. The van der Waals surface area contributed by atoms with Crippen molar-refractivity contribution in [1.82, 2.24) is 14.5 Å². The van der Waals surface area contributed by atoms with Gasteiger partial charge in [0.1, 0.15) is 0 Å². The summed E-state index contributed by atoms with van der Waals surface area (Å²) in [5.41, 5.74) is 8.35. The number of rotatable bonds is 6. The molecule has 0 fully saturated rings. The summed E-state index contributed by atoms with van der Waals surface area (Å²) in [5, 5.41) is 0. The molecule has 0 radical (unpaired) electrons. The number of nitrogens with zero attached hydrogens (tertiary/aromatic N) is 3.